The number of H-pyrrole nitrogens is 2. The zero-order valence-corrected chi connectivity index (χ0v) is 25.3. The molecule has 220 valence electrons. The zero-order chi connectivity index (χ0) is 30.5. The van der Waals surface area contributed by atoms with Gasteiger partial charge in [-0.1, -0.05) is 13.8 Å². The Morgan fingerprint density at radius 2 is 1.64 bits per heavy atom. The van der Waals surface area contributed by atoms with Gasteiger partial charge in [0.05, 0.1) is 22.5 Å². The lowest BCUT2D eigenvalue weighted by molar-refractivity contribution is -0.137. The number of aromatic nitrogens is 4. The highest BCUT2D eigenvalue weighted by Crippen LogP contribution is 2.42. The third-order valence-corrected chi connectivity index (χ3v) is 9.00. The maximum Gasteiger partial charge on any atom is 0.338 e. The summed E-state index contributed by atoms with van der Waals surface area (Å²) in [6.07, 6.45) is 1.20. The van der Waals surface area contributed by atoms with Gasteiger partial charge in [-0.05, 0) is 99.2 Å². The average Bonchev–Trinajstić information content (AvgIpc) is 3.61. The molecule has 0 unspecified atom stereocenters. The highest BCUT2D eigenvalue weighted by atomic mass is 16.4. The summed E-state index contributed by atoms with van der Waals surface area (Å²) in [5.41, 5.74) is 12.4. The van der Waals surface area contributed by atoms with Gasteiger partial charge in [-0.3, -0.25) is 9.78 Å². The number of carbonyl (C=O) groups is 2. The second-order valence-corrected chi connectivity index (χ2v) is 11.5. The van der Waals surface area contributed by atoms with E-state index in [1.165, 1.54) is 0 Å². The quantitative estimate of drug-likeness (QED) is 0.221. The van der Waals surface area contributed by atoms with Crippen molar-refractivity contribution in [1.29, 1.82) is 0 Å². The summed E-state index contributed by atoms with van der Waals surface area (Å²) in [6, 6.07) is 6.09. The van der Waals surface area contributed by atoms with E-state index in [4.69, 9.17) is 9.97 Å². The average molecular weight is 570 g/mol. The molecule has 0 spiro atoms. The molecule has 3 aromatic heterocycles. The van der Waals surface area contributed by atoms with E-state index >= 15 is 0 Å². The summed E-state index contributed by atoms with van der Waals surface area (Å²) in [4.78, 5) is 41.3. The fourth-order valence-electron chi connectivity index (χ4n) is 6.50. The Hall–Kier alpha value is -4.24. The molecule has 9 nitrogen and oxygen atoms in total. The van der Waals surface area contributed by atoms with Crippen LogP contribution in [0.5, 0.6) is 0 Å². The number of aromatic amines is 2. The fourth-order valence-corrected chi connectivity index (χ4v) is 6.50. The molecular formula is C33H39N5O4. The first kappa shape index (κ1) is 29.3. The van der Waals surface area contributed by atoms with E-state index in [2.05, 4.69) is 49.0 Å². The van der Waals surface area contributed by atoms with Crippen LogP contribution in [-0.2, 0) is 11.2 Å². The van der Waals surface area contributed by atoms with Gasteiger partial charge in [-0.15, -0.1) is 0 Å². The summed E-state index contributed by atoms with van der Waals surface area (Å²) >= 11 is 0. The lowest BCUT2D eigenvalue weighted by atomic mass is 9.85. The second kappa shape index (κ2) is 11.2. The molecule has 2 aliphatic rings. The smallest absolute Gasteiger partial charge is 0.338 e. The predicted molar refractivity (Wildman–Crippen MR) is 166 cm³/mol. The van der Waals surface area contributed by atoms with Crippen LogP contribution in [0.3, 0.4) is 0 Å². The van der Waals surface area contributed by atoms with Crippen LogP contribution in [0.25, 0.3) is 33.2 Å². The van der Waals surface area contributed by atoms with E-state index in [-0.39, 0.29) is 23.8 Å². The van der Waals surface area contributed by atoms with Crippen molar-refractivity contribution < 1.29 is 19.8 Å². The number of carboxylic acids is 2. The van der Waals surface area contributed by atoms with Crippen LogP contribution in [0.1, 0.15) is 101 Å². The van der Waals surface area contributed by atoms with Gasteiger partial charge in [0.15, 0.2) is 0 Å². The van der Waals surface area contributed by atoms with Crippen LogP contribution in [0, 0.1) is 20.8 Å². The van der Waals surface area contributed by atoms with Gasteiger partial charge < -0.3 is 25.5 Å². The van der Waals surface area contributed by atoms with Crippen LogP contribution in [0.4, 0.5) is 0 Å². The first-order valence-corrected chi connectivity index (χ1v) is 14.5. The second-order valence-electron chi connectivity index (χ2n) is 11.5. The Morgan fingerprint density at radius 1 is 0.929 bits per heavy atom. The van der Waals surface area contributed by atoms with Crippen LogP contribution in [-0.4, -0.2) is 55.7 Å². The molecule has 5 heterocycles. The van der Waals surface area contributed by atoms with E-state index in [0.29, 0.717) is 35.1 Å². The molecule has 3 aromatic rings. The molecule has 0 fully saturated rings. The number of likely N-dealkylation sites (N-methyl/N-ethyl adjacent to an activating group) is 1. The number of nitrogens with zero attached hydrogens (tertiary/aromatic N) is 2. The van der Waals surface area contributed by atoms with Crippen LogP contribution in [0.15, 0.2) is 18.2 Å². The molecule has 2 atom stereocenters. The molecule has 0 amide bonds. The van der Waals surface area contributed by atoms with Crippen LogP contribution < -0.4 is 5.32 Å². The normalized spacial score (nSPS) is 16.7. The number of rotatable bonds is 7. The third-order valence-electron chi connectivity index (χ3n) is 9.00. The van der Waals surface area contributed by atoms with E-state index in [1.807, 2.05) is 33.0 Å². The van der Waals surface area contributed by atoms with Gasteiger partial charge in [-0.25, -0.2) is 9.78 Å². The number of carboxylic acid groups (broad SMARTS) is 2. The number of aromatic carboxylic acids is 1. The summed E-state index contributed by atoms with van der Waals surface area (Å²) in [7, 11) is 1.92. The molecule has 42 heavy (non-hydrogen) atoms. The van der Waals surface area contributed by atoms with Crippen molar-refractivity contribution in [2.24, 2.45) is 0 Å². The van der Waals surface area contributed by atoms with Crippen molar-refractivity contribution in [3.05, 3.63) is 68.8 Å². The topological polar surface area (TPSA) is 144 Å². The molecule has 9 heteroatoms. The molecule has 0 aliphatic carbocycles. The minimum absolute atomic E-state index is 0.00365. The van der Waals surface area contributed by atoms with Gasteiger partial charge in [0.2, 0.25) is 0 Å². The van der Waals surface area contributed by atoms with Crippen molar-refractivity contribution in [1.82, 2.24) is 25.3 Å². The van der Waals surface area contributed by atoms with Crippen molar-refractivity contribution in [2.45, 2.75) is 72.6 Å². The van der Waals surface area contributed by atoms with Gasteiger partial charge in [0, 0.05) is 52.7 Å². The van der Waals surface area contributed by atoms with Crippen molar-refractivity contribution in [3.63, 3.8) is 0 Å². The molecule has 0 aromatic carbocycles. The number of nitrogens with one attached hydrogen (secondary N) is 3. The molecule has 5 rings (SSSR count). The molecule has 0 saturated heterocycles. The third kappa shape index (κ3) is 4.91. The lowest BCUT2D eigenvalue weighted by Crippen LogP contribution is -2.09. The first-order valence-electron chi connectivity index (χ1n) is 14.5. The van der Waals surface area contributed by atoms with Crippen molar-refractivity contribution in [2.75, 3.05) is 13.6 Å². The van der Waals surface area contributed by atoms with E-state index in [9.17, 15) is 19.8 Å². The van der Waals surface area contributed by atoms with E-state index in [1.54, 1.807) is 0 Å². The number of hydrogen-bond acceptors (Lipinski definition) is 5. The van der Waals surface area contributed by atoms with Gasteiger partial charge in [0.1, 0.15) is 0 Å². The number of fused-ring (bicyclic) bond motifs is 8. The maximum atomic E-state index is 12.6. The highest BCUT2D eigenvalue weighted by Gasteiger charge is 2.32. The molecule has 2 aliphatic heterocycles. The molecule has 8 bridgehead atoms. The monoisotopic (exact) mass is 569 g/mol. The van der Waals surface area contributed by atoms with Crippen LogP contribution in [0.2, 0.25) is 0 Å². The number of aryl methyl sites for hydroxylation is 4. The fraction of sp³-hybridized carbons (Fsp3) is 0.394. The Kier molecular flexibility index (Phi) is 7.81. The Balaban J connectivity index is 1.98. The lowest BCUT2D eigenvalue weighted by Gasteiger charge is -2.16. The molecular weight excluding hydrogens is 530 g/mol. The van der Waals surface area contributed by atoms with E-state index in [0.717, 1.165) is 62.5 Å². The minimum Gasteiger partial charge on any atom is -0.481 e. The highest BCUT2D eigenvalue weighted by molar-refractivity contribution is 6.02. The van der Waals surface area contributed by atoms with Crippen LogP contribution >= 0.6 is 0 Å². The van der Waals surface area contributed by atoms with Crippen molar-refractivity contribution >= 4 is 45.2 Å². The molecule has 5 N–H and O–H groups in total. The van der Waals surface area contributed by atoms with Gasteiger partial charge in [-0.2, -0.15) is 0 Å². The molecule has 0 saturated carbocycles. The number of aliphatic carboxylic acids is 1. The maximum absolute atomic E-state index is 12.6. The van der Waals surface area contributed by atoms with Gasteiger partial charge >= 0.3 is 11.9 Å². The van der Waals surface area contributed by atoms with E-state index < -0.39 is 11.9 Å². The Bertz CT molecular complexity index is 1810. The number of hydrogen-bond donors (Lipinski definition) is 5. The molecule has 0 radical (unpaired) electrons. The standard InChI is InChI=1S/C33H39N5O4/c1-8-20-15(2)24-12-28-22(14-34-7)17(4)23(36-28)11-25-16(3)21(9-10-29(39)40)31(37-25)19(6)32-30(33(41)42)18(5)26(38-32)13-27(20)35-24/h11-13,16,21,34-35,38H,8-10,14H2,1-7H3,(H,39,40)(H,41,42)/t16-,21-/m0/s1. The Labute approximate surface area is 245 Å². The zero-order valence-electron chi connectivity index (χ0n) is 25.3. The summed E-state index contributed by atoms with van der Waals surface area (Å²) in [6.45, 7) is 12.7. The summed E-state index contributed by atoms with van der Waals surface area (Å²) in [5.74, 6) is -2.14. The largest absolute Gasteiger partial charge is 0.481 e. The minimum atomic E-state index is -1.02. The predicted octanol–water partition coefficient (Wildman–Crippen LogP) is 6.40. The first-order chi connectivity index (χ1) is 20.0. The Morgan fingerprint density at radius 3 is 2.29 bits per heavy atom. The van der Waals surface area contributed by atoms with Gasteiger partial charge in [0.25, 0.3) is 0 Å². The summed E-state index contributed by atoms with van der Waals surface area (Å²) in [5, 5.41) is 23.1. The number of allylic oxidation sites excluding steroid dienone is 1. The SMILES string of the molecule is CCc1c(C)c2cc3nc(cc4nc(c(C)c5[nH]c(cc1[nH]2)c(C)c5C(=O)O)[C@@H](CCC(=O)O)[C@@H]4C)C(C)=C3CNC. The van der Waals surface area contributed by atoms with Crippen molar-refractivity contribution in [3.8, 4) is 0 Å². The summed E-state index contributed by atoms with van der Waals surface area (Å²) < 4.78 is 0.